The third kappa shape index (κ3) is 3.18. The summed E-state index contributed by atoms with van der Waals surface area (Å²) >= 11 is 0. The maximum atomic E-state index is 12.1. The molecule has 1 aromatic rings. The molecule has 1 aliphatic carbocycles. The number of hydrogen-bond donors (Lipinski definition) is 1. The van der Waals surface area contributed by atoms with Crippen LogP contribution in [0.3, 0.4) is 0 Å². The molecular weight excluding hydrogens is 274 g/mol. The third-order valence-electron chi connectivity index (χ3n) is 3.71. The molecule has 2 fully saturated rings. The molecule has 2 aliphatic rings. The summed E-state index contributed by atoms with van der Waals surface area (Å²) in [5.74, 6) is -0.690. The lowest BCUT2D eigenvalue weighted by molar-refractivity contribution is -0.138. The number of nitrogens with two attached hydrogens (primary N) is 1. The highest BCUT2D eigenvalue weighted by Gasteiger charge is 2.28. The number of nitrogens with zero attached hydrogens (tertiary/aromatic N) is 2. The molecule has 114 valence electrons. The average Bonchev–Trinajstić information content (AvgIpc) is 3.27. The summed E-state index contributed by atoms with van der Waals surface area (Å²) in [5, 5.41) is 0. The molecular formula is C14H19N3O4. The van der Waals surface area contributed by atoms with Gasteiger partial charge in [0.15, 0.2) is 6.61 Å². The maximum absolute atomic E-state index is 12.1. The number of carbonyl (C=O) groups excluding carboxylic acids is 2. The van der Waals surface area contributed by atoms with Crippen molar-refractivity contribution in [1.29, 1.82) is 0 Å². The summed E-state index contributed by atoms with van der Waals surface area (Å²) in [4.78, 5) is 25.7. The van der Waals surface area contributed by atoms with Gasteiger partial charge >= 0.3 is 5.97 Å². The molecule has 0 atom stereocenters. The van der Waals surface area contributed by atoms with E-state index in [1.807, 2.05) is 4.57 Å². The van der Waals surface area contributed by atoms with Crippen LogP contribution in [0.1, 0.15) is 29.4 Å². The predicted molar refractivity (Wildman–Crippen MR) is 74.8 cm³/mol. The molecule has 1 aromatic heterocycles. The van der Waals surface area contributed by atoms with Gasteiger partial charge in [0.25, 0.3) is 5.91 Å². The van der Waals surface area contributed by atoms with Crippen LogP contribution in [-0.4, -0.2) is 54.3 Å². The molecule has 1 saturated carbocycles. The number of rotatable bonds is 4. The Kier molecular flexibility index (Phi) is 3.83. The molecule has 1 amide bonds. The van der Waals surface area contributed by atoms with E-state index in [4.69, 9.17) is 15.2 Å². The second-order valence-electron chi connectivity index (χ2n) is 5.37. The molecule has 2 N–H and O–H groups in total. The first-order valence-electron chi connectivity index (χ1n) is 7.15. The zero-order valence-electron chi connectivity index (χ0n) is 11.8. The van der Waals surface area contributed by atoms with Crippen LogP contribution in [-0.2, 0) is 14.3 Å². The second kappa shape index (κ2) is 5.77. The third-order valence-corrected chi connectivity index (χ3v) is 3.71. The Bertz CT molecular complexity index is 544. The monoisotopic (exact) mass is 293 g/mol. The number of ether oxygens (including phenoxy) is 2. The summed E-state index contributed by atoms with van der Waals surface area (Å²) in [7, 11) is 0. The SMILES string of the molecule is Nc1cc(C(=O)OCC(=O)N2CCOCC2)n(C2CC2)c1. The summed E-state index contributed by atoms with van der Waals surface area (Å²) in [6, 6.07) is 1.93. The first kappa shape index (κ1) is 13.9. The van der Waals surface area contributed by atoms with Gasteiger partial charge < -0.3 is 24.7 Å². The number of hydrogen-bond acceptors (Lipinski definition) is 5. The van der Waals surface area contributed by atoms with Crippen LogP contribution in [0.5, 0.6) is 0 Å². The van der Waals surface area contributed by atoms with E-state index >= 15 is 0 Å². The summed E-state index contributed by atoms with van der Waals surface area (Å²) in [6.45, 7) is 1.90. The number of carbonyl (C=O) groups is 2. The Morgan fingerprint density at radius 3 is 2.71 bits per heavy atom. The number of morpholine rings is 1. The first-order chi connectivity index (χ1) is 10.1. The van der Waals surface area contributed by atoms with Crippen LogP contribution in [0, 0.1) is 0 Å². The van der Waals surface area contributed by atoms with Crippen LogP contribution < -0.4 is 5.73 Å². The fourth-order valence-electron chi connectivity index (χ4n) is 2.42. The molecule has 0 unspecified atom stereocenters. The van der Waals surface area contributed by atoms with Crippen LogP contribution in [0.4, 0.5) is 5.69 Å². The van der Waals surface area contributed by atoms with Gasteiger partial charge in [-0.25, -0.2) is 4.79 Å². The molecule has 0 radical (unpaired) electrons. The molecule has 7 nitrogen and oxygen atoms in total. The summed E-state index contributed by atoms with van der Waals surface area (Å²) < 4.78 is 12.1. The van der Waals surface area contributed by atoms with Gasteiger partial charge in [-0.1, -0.05) is 0 Å². The highest BCUT2D eigenvalue weighted by molar-refractivity contribution is 5.91. The van der Waals surface area contributed by atoms with Crippen molar-refractivity contribution in [2.45, 2.75) is 18.9 Å². The lowest BCUT2D eigenvalue weighted by Gasteiger charge is -2.26. The lowest BCUT2D eigenvalue weighted by atomic mass is 10.4. The van der Waals surface area contributed by atoms with E-state index in [2.05, 4.69) is 0 Å². The lowest BCUT2D eigenvalue weighted by Crippen LogP contribution is -2.42. The summed E-state index contributed by atoms with van der Waals surface area (Å²) in [6.07, 6.45) is 3.83. The number of nitrogen functional groups attached to an aromatic ring is 1. The Labute approximate surface area is 122 Å². The van der Waals surface area contributed by atoms with Crippen molar-refractivity contribution in [2.24, 2.45) is 0 Å². The van der Waals surface area contributed by atoms with E-state index in [0.29, 0.717) is 43.7 Å². The predicted octanol–water partition coefficient (Wildman–Crippen LogP) is 0.421. The Morgan fingerprint density at radius 2 is 2.05 bits per heavy atom. The quantitative estimate of drug-likeness (QED) is 0.813. The van der Waals surface area contributed by atoms with E-state index in [0.717, 1.165) is 12.8 Å². The van der Waals surface area contributed by atoms with Crippen LogP contribution in [0.25, 0.3) is 0 Å². The number of esters is 1. The molecule has 0 bridgehead atoms. The van der Waals surface area contributed by atoms with Gasteiger partial charge in [-0.3, -0.25) is 4.79 Å². The van der Waals surface area contributed by atoms with Gasteiger partial charge in [0.1, 0.15) is 5.69 Å². The van der Waals surface area contributed by atoms with E-state index in [-0.39, 0.29) is 12.5 Å². The molecule has 0 spiro atoms. The number of anilines is 1. The van der Waals surface area contributed by atoms with Crippen molar-refractivity contribution in [3.8, 4) is 0 Å². The van der Waals surface area contributed by atoms with E-state index in [1.54, 1.807) is 17.2 Å². The van der Waals surface area contributed by atoms with Gasteiger partial charge in [0, 0.05) is 25.3 Å². The minimum absolute atomic E-state index is 0.191. The zero-order chi connectivity index (χ0) is 14.8. The fourth-order valence-corrected chi connectivity index (χ4v) is 2.42. The van der Waals surface area contributed by atoms with Crippen molar-refractivity contribution in [3.05, 3.63) is 18.0 Å². The molecule has 0 aromatic carbocycles. The van der Waals surface area contributed by atoms with Crippen molar-refractivity contribution >= 4 is 17.6 Å². The maximum Gasteiger partial charge on any atom is 0.355 e. The topological polar surface area (TPSA) is 86.8 Å². The van der Waals surface area contributed by atoms with E-state index in [1.165, 1.54) is 0 Å². The molecule has 1 aliphatic heterocycles. The molecule has 2 heterocycles. The van der Waals surface area contributed by atoms with Crippen molar-refractivity contribution in [1.82, 2.24) is 9.47 Å². The number of aromatic nitrogens is 1. The van der Waals surface area contributed by atoms with Gasteiger partial charge in [-0.2, -0.15) is 0 Å². The van der Waals surface area contributed by atoms with Crippen molar-refractivity contribution in [3.63, 3.8) is 0 Å². The van der Waals surface area contributed by atoms with Crippen LogP contribution in [0.15, 0.2) is 12.3 Å². The highest BCUT2D eigenvalue weighted by atomic mass is 16.5. The molecule has 7 heteroatoms. The Balaban J connectivity index is 1.57. The minimum Gasteiger partial charge on any atom is -0.451 e. The van der Waals surface area contributed by atoms with Gasteiger partial charge in [0.2, 0.25) is 0 Å². The highest BCUT2D eigenvalue weighted by Crippen LogP contribution is 2.37. The Morgan fingerprint density at radius 1 is 1.33 bits per heavy atom. The van der Waals surface area contributed by atoms with Crippen LogP contribution >= 0.6 is 0 Å². The largest absolute Gasteiger partial charge is 0.451 e. The van der Waals surface area contributed by atoms with Crippen molar-refractivity contribution in [2.75, 3.05) is 38.6 Å². The second-order valence-corrected chi connectivity index (χ2v) is 5.37. The van der Waals surface area contributed by atoms with Crippen LogP contribution in [0.2, 0.25) is 0 Å². The average molecular weight is 293 g/mol. The smallest absolute Gasteiger partial charge is 0.355 e. The van der Waals surface area contributed by atoms with E-state index < -0.39 is 5.97 Å². The minimum atomic E-state index is -0.500. The molecule has 1 saturated heterocycles. The van der Waals surface area contributed by atoms with Gasteiger partial charge in [0.05, 0.1) is 18.9 Å². The Hall–Kier alpha value is -2.02. The number of amides is 1. The molecule has 3 rings (SSSR count). The fraction of sp³-hybridized carbons (Fsp3) is 0.571. The van der Waals surface area contributed by atoms with Gasteiger partial charge in [-0.15, -0.1) is 0 Å². The summed E-state index contributed by atoms with van der Waals surface area (Å²) in [5.41, 5.74) is 6.69. The zero-order valence-corrected chi connectivity index (χ0v) is 11.8. The normalized spacial score (nSPS) is 18.6. The van der Waals surface area contributed by atoms with Crippen molar-refractivity contribution < 1.29 is 19.1 Å². The first-order valence-corrected chi connectivity index (χ1v) is 7.15. The standard InChI is InChI=1S/C14H19N3O4/c15-10-7-12(17(8-10)11-1-2-11)14(19)21-9-13(18)16-3-5-20-6-4-16/h7-8,11H,1-6,9,15H2. The molecule has 21 heavy (non-hydrogen) atoms. The van der Waals surface area contributed by atoms with E-state index in [9.17, 15) is 9.59 Å². The van der Waals surface area contributed by atoms with Gasteiger partial charge in [-0.05, 0) is 18.9 Å².